The van der Waals surface area contributed by atoms with Crippen LogP contribution in [0.15, 0.2) is 76.9 Å². The molecule has 0 spiro atoms. The highest BCUT2D eigenvalue weighted by Gasteiger charge is 2.14. The molecule has 4 aromatic rings. The van der Waals surface area contributed by atoms with E-state index in [2.05, 4.69) is 26.2 Å². The third kappa shape index (κ3) is 6.19. The highest BCUT2D eigenvalue weighted by molar-refractivity contribution is 9.10. The second kappa shape index (κ2) is 12.1. The molecule has 2 N–H and O–H groups in total. The quantitative estimate of drug-likeness (QED) is 0.108. The predicted octanol–water partition coefficient (Wildman–Crippen LogP) is 5.69. The summed E-state index contributed by atoms with van der Waals surface area (Å²) in [5.74, 6) is 0.353. The molecule has 0 radical (unpaired) electrons. The van der Waals surface area contributed by atoms with Gasteiger partial charge in [0.25, 0.3) is 11.6 Å². The summed E-state index contributed by atoms with van der Waals surface area (Å²) in [5, 5.41) is 24.4. The standard InChI is InChI=1S/C28H23BrN4O5/c1-37-26-13-20(24(29)14-27(26)38-17-18-6-8-22(9-7-18)33(35)36)12-21(15-30)28(34)31-11-10-19-16-32-25-5-3-2-4-23(19)25/h2-9,12-14,16,32H,10-11,17H2,1H3,(H,31,34)/b21-12-. The van der Waals surface area contributed by atoms with Gasteiger partial charge in [-0.05, 0) is 59.5 Å². The van der Waals surface area contributed by atoms with Gasteiger partial charge >= 0.3 is 0 Å². The van der Waals surface area contributed by atoms with Crippen LogP contribution in [0.5, 0.6) is 11.5 Å². The minimum Gasteiger partial charge on any atom is -0.493 e. The van der Waals surface area contributed by atoms with Gasteiger partial charge < -0.3 is 19.8 Å². The number of benzene rings is 3. The molecule has 0 aliphatic carbocycles. The predicted molar refractivity (Wildman–Crippen MR) is 147 cm³/mol. The monoisotopic (exact) mass is 574 g/mol. The molecule has 9 nitrogen and oxygen atoms in total. The largest absolute Gasteiger partial charge is 0.493 e. The van der Waals surface area contributed by atoms with E-state index in [1.54, 1.807) is 24.3 Å². The Bertz CT molecular complexity index is 1550. The first-order valence-corrected chi connectivity index (χ1v) is 12.4. The maximum Gasteiger partial charge on any atom is 0.269 e. The fourth-order valence-electron chi connectivity index (χ4n) is 3.86. The summed E-state index contributed by atoms with van der Waals surface area (Å²) in [7, 11) is 1.48. The first kappa shape index (κ1) is 26.4. The first-order chi connectivity index (χ1) is 18.4. The van der Waals surface area contributed by atoms with E-state index in [9.17, 15) is 20.2 Å². The Balaban J connectivity index is 1.42. The minimum absolute atomic E-state index is 0.000476. The molecular weight excluding hydrogens is 552 g/mol. The second-order valence-corrected chi connectivity index (χ2v) is 9.13. The summed E-state index contributed by atoms with van der Waals surface area (Å²) < 4.78 is 11.9. The lowest BCUT2D eigenvalue weighted by molar-refractivity contribution is -0.384. The van der Waals surface area contributed by atoms with Crippen LogP contribution in [0.3, 0.4) is 0 Å². The van der Waals surface area contributed by atoms with Gasteiger partial charge in [0.2, 0.25) is 0 Å². The van der Waals surface area contributed by atoms with Crippen LogP contribution >= 0.6 is 15.9 Å². The number of rotatable bonds is 10. The highest BCUT2D eigenvalue weighted by Crippen LogP contribution is 2.35. The number of carbonyl (C=O) groups excluding carboxylic acids is 1. The van der Waals surface area contributed by atoms with Gasteiger partial charge in [-0.15, -0.1) is 0 Å². The Morgan fingerprint density at radius 2 is 1.95 bits per heavy atom. The fourth-order valence-corrected chi connectivity index (χ4v) is 4.29. The van der Waals surface area contributed by atoms with Gasteiger partial charge in [0.05, 0.1) is 12.0 Å². The average molecular weight is 575 g/mol. The molecule has 1 amide bonds. The number of fused-ring (bicyclic) bond motifs is 1. The number of nitrogens with one attached hydrogen (secondary N) is 2. The Hall–Kier alpha value is -4.62. The maximum absolute atomic E-state index is 12.7. The lowest BCUT2D eigenvalue weighted by Crippen LogP contribution is -2.26. The van der Waals surface area contributed by atoms with Crippen molar-refractivity contribution in [1.82, 2.24) is 10.3 Å². The van der Waals surface area contributed by atoms with E-state index >= 15 is 0 Å². The van der Waals surface area contributed by atoms with Crippen LogP contribution in [0.1, 0.15) is 16.7 Å². The molecule has 0 aliphatic rings. The van der Waals surface area contributed by atoms with Crippen LogP contribution in [-0.4, -0.2) is 29.5 Å². The van der Waals surface area contributed by atoms with E-state index in [1.807, 2.05) is 36.5 Å². The van der Waals surface area contributed by atoms with Crippen molar-refractivity contribution in [3.05, 3.63) is 104 Å². The summed E-state index contributed by atoms with van der Waals surface area (Å²) in [6.07, 6.45) is 4.02. The van der Waals surface area contributed by atoms with Gasteiger partial charge in [-0.2, -0.15) is 5.26 Å². The molecule has 0 saturated carbocycles. The SMILES string of the molecule is COc1cc(/C=C(/C#N)C(=O)NCCc2c[nH]c3ccccc23)c(Br)cc1OCc1ccc([N+](=O)[O-])cc1. The fraction of sp³-hybridized carbons (Fsp3) is 0.143. The summed E-state index contributed by atoms with van der Waals surface area (Å²) in [4.78, 5) is 26.3. The molecule has 0 aliphatic heterocycles. The molecule has 0 atom stereocenters. The number of halogens is 1. The number of hydrogen-bond acceptors (Lipinski definition) is 6. The molecular formula is C28H23BrN4O5. The number of ether oxygens (including phenoxy) is 2. The molecule has 38 heavy (non-hydrogen) atoms. The number of H-pyrrole nitrogens is 1. The zero-order chi connectivity index (χ0) is 27.1. The molecule has 0 fully saturated rings. The smallest absolute Gasteiger partial charge is 0.269 e. The van der Waals surface area contributed by atoms with Crippen molar-refractivity contribution in [3.8, 4) is 17.6 Å². The number of non-ortho nitro benzene ring substituents is 1. The number of nitrogens with zero attached hydrogens (tertiary/aromatic N) is 2. The van der Waals surface area contributed by atoms with E-state index in [0.29, 0.717) is 34.5 Å². The van der Waals surface area contributed by atoms with Crippen LogP contribution < -0.4 is 14.8 Å². The molecule has 1 aromatic heterocycles. The van der Waals surface area contributed by atoms with Crippen molar-refractivity contribution in [2.45, 2.75) is 13.0 Å². The van der Waals surface area contributed by atoms with Crippen LogP contribution in [0.25, 0.3) is 17.0 Å². The van der Waals surface area contributed by atoms with Crippen LogP contribution in [0, 0.1) is 21.4 Å². The average Bonchev–Trinajstić information content (AvgIpc) is 3.34. The van der Waals surface area contributed by atoms with Crippen molar-refractivity contribution in [1.29, 1.82) is 5.26 Å². The number of nitro benzene ring substituents is 1. The van der Waals surface area contributed by atoms with Crippen LogP contribution in [0.2, 0.25) is 0 Å². The van der Waals surface area contributed by atoms with Crippen LogP contribution in [0.4, 0.5) is 5.69 Å². The number of carbonyl (C=O) groups is 1. The molecule has 1 heterocycles. The zero-order valence-corrected chi connectivity index (χ0v) is 21.9. The Morgan fingerprint density at radius 3 is 2.66 bits per heavy atom. The zero-order valence-electron chi connectivity index (χ0n) is 20.4. The molecule has 4 rings (SSSR count). The lowest BCUT2D eigenvalue weighted by Gasteiger charge is -2.13. The van der Waals surface area contributed by atoms with Gasteiger partial charge in [-0.3, -0.25) is 14.9 Å². The third-order valence-electron chi connectivity index (χ3n) is 5.84. The number of aromatic nitrogens is 1. The summed E-state index contributed by atoms with van der Waals surface area (Å²) in [5.41, 5.74) is 3.37. The Kier molecular flexibility index (Phi) is 8.40. The van der Waals surface area contributed by atoms with Gasteiger partial charge in [0.1, 0.15) is 18.2 Å². The number of aromatic amines is 1. The van der Waals surface area contributed by atoms with Crippen LogP contribution in [-0.2, 0) is 17.8 Å². The summed E-state index contributed by atoms with van der Waals surface area (Å²) in [6, 6.07) is 19.3. The number of nitriles is 1. The van der Waals surface area contributed by atoms with Gasteiger partial charge in [-0.1, -0.05) is 34.1 Å². The Morgan fingerprint density at radius 1 is 1.18 bits per heavy atom. The lowest BCUT2D eigenvalue weighted by atomic mass is 10.1. The van der Waals surface area contributed by atoms with Crippen molar-refractivity contribution in [2.75, 3.05) is 13.7 Å². The second-order valence-electron chi connectivity index (χ2n) is 8.27. The number of hydrogen-bond donors (Lipinski definition) is 2. The van der Waals surface area contributed by atoms with E-state index in [4.69, 9.17) is 9.47 Å². The third-order valence-corrected chi connectivity index (χ3v) is 6.53. The van der Waals surface area contributed by atoms with Crippen molar-refractivity contribution >= 4 is 44.5 Å². The molecule has 0 bridgehead atoms. The van der Waals surface area contributed by atoms with E-state index in [0.717, 1.165) is 22.0 Å². The van der Waals surface area contributed by atoms with Gasteiger partial charge in [-0.25, -0.2) is 0 Å². The van der Waals surface area contributed by atoms with E-state index in [1.165, 1.54) is 25.3 Å². The summed E-state index contributed by atoms with van der Waals surface area (Å²) in [6.45, 7) is 0.540. The Labute approximate surface area is 227 Å². The highest BCUT2D eigenvalue weighted by atomic mass is 79.9. The van der Waals surface area contributed by atoms with E-state index < -0.39 is 10.8 Å². The van der Waals surface area contributed by atoms with Gasteiger partial charge in [0, 0.05) is 40.2 Å². The molecule has 3 aromatic carbocycles. The molecule has 192 valence electrons. The van der Waals surface area contributed by atoms with Gasteiger partial charge in [0.15, 0.2) is 11.5 Å². The topological polar surface area (TPSA) is 130 Å². The number of nitro groups is 1. The van der Waals surface area contributed by atoms with Crippen molar-refractivity contribution < 1.29 is 19.2 Å². The molecule has 0 unspecified atom stereocenters. The number of amides is 1. The number of methoxy groups -OCH3 is 1. The number of para-hydroxylation sites is 1. The normalized spacial score (nSPS) is 11.1. The molecule has 10 heteroatoms. The van der Waals surface area contributed by atoms with Crippen molar-refractivity contribution in [3.63, 3.8) is 0 Å². The summed E-state index contributed by atoms with van der Waals surface area (Å²) >= 11 is 3.47. The maximum atomic E-state index is 12.7. The molecule has 0 saturated heterocycles. The first-order valence-electron chi connectivity index (χ1n) is 11.6. The van der Waals surface area contributed by atoms with Crippen molar-refractivity contribution in [2.24, 2.45) is 0 Å². The van der Waals surface area contributed by atoms with E-state index in [-0.39, 0.29) is 17.9 Å². The minimum atomic E-state index is -0.475.